The summed E-state index contributed by atoms with van der Waals surface area (Å²) in [5, 5.41) is 0. The van der Waals surface area contributed by atoms with Crippen LogP contribution >= 0.6 is 11.3 Å². The minimum Gasteiger partial charge on any atom is -0.445 e. The lowest BCUT2D eigenvalue weighted by atomic mass is 9.96. The van der Waals surface area contributed by atoms with Crippen LogP contribution in [0.2, 0.25) is 0 Å². The molecule has 2 aromatic rings. The highest BCUT2D eigenvalue weighted by molar-refractivity contribution is 7.13. The number of thiophene rings is 1. The fraction of sp³-hybridized carbons (Fsp3) is 0.571. The van der Waals surface area contributed by atoms with Crippen LogP contribution in [0.15, 0.2) is 16.5 Å². The Morgan fingerprint density at radius 3 is 2.32 bits per heavy atom. The molecule has 0 radical (unpaired) electrons. The fourth-order valence-electron chi connectivity index (χ4n) is 4.07. The molecule has 2 aliphatic rings. The SMILES string of the molecule is Cc1ccc(C(=O)N2CCC(c3nc(C(=O)N4CCCCC4)c(C)o3)CC2)s1. The van der Waals surface area contributed by atoms with Crippen LogP contribution < -0.4 is 0 Å². The van der Waals surface area contributed by atoms with Gasteiger partial charge in [-0.05, 0) is 58.1 Å². The number of hydrogen-bond donors (Lipinski definition) is 0. The van der Waals surface area contributed by atoms with Gasteiger partial charge in [-0.15, -0.1) is 11.3 Å². The summed E-state index contributed by atoms with van der Waals surface area (Å²) < 4.78 is 5.89. The van der Waals surface area contributed by atoms with Crippen LogP contribution in [0.5, 0.6) is 0 Å². The molecule has 2 fully saturated rings. The molecule has 0 atom stereocenters. The van der Waals surface area contributed by atoms with Crippen molar-refractivity contribution in [2.45, 2.75) is 51.9 Å². The first kappa shape index (κ1) is 19.2. The number of rotatable bonds is 3. The van der Waals surface area contributed by atoms with E-state index in [1.807, 2.05) is 35.8 Å². The van der Waals surface area contributed by atoms with E-state index in [2.05, 4.69) is 4.98 Å². The summed E-state index contributed by atoms with van der Waals surface area (Å²) >= 11 is 1.54. The third kappa shape index (κ3) is 3.85. The molecule has 150 valence electrons. The van der Waals surface area contributed by atoms with Crippen molar-refractivity contribution in [2.75, 3.05) is 26.2 Å². The maximum absolute atomic E-state index is 12.8. The molecule has 7 heteroatoms. The first-order valence-electron chi connectivity index (χ1n) is 10.1. The molecule has 2 amide bonds. The van der Waals surface area contributed by atoms with Crippen LogP contribution in [0, 0.1) is 13.8 Å². The Bertz CT molecular complexity index is 858. The average molecular weight is 402 g/mol. The standard InChI is InChI=1S/C21H27N3O3S/c1-14-6-7-17(28-14)20(25)24-12-8-16(9-13-24)19-22-18(15(2)27-19)21(26)23-10-4-3-5-11-23/h6-7,16H,3-5,8-13H2,1-2H3. The highest BCUT2D eigenvalue weighted by Crippen LogP contribution is 2.30. The maximum atomic E-state index is 12.8. The minimum atomic E-state index is -0.00659. The smallest absolute Gasteiger partial charge is 0.276 e. The van der Waals surface area contributed by atoms with Crippen molar-refractivity contribution in [2.24, 2.45) is 0 Å². The first-order valence-corrected chi connectivity index (χ1v) is 11.0. The third-order valence-electron chi connectivity index (χ3n) is 5.74. The first-order chi connectivity index (χ1) is 13.5. The highest BCUT2D eigenvalue weighted by Gasteiger charge is 2.30. The van der Waals surface area contributed by atoms with Crippen molar-refractivity contribution < 1.29 is 14.0 Å². The number of likely N-dealkylation sites (tertiary alicyclic amines) is 2. The molecule has 4 heterocycles. The Balaban J connectivity index is 1.39. The van der Waals surface area contributed by atoms with Gasteiger partial charge in [-0.2, -0.15) is 0 Å². The predicted octanol–water partition coefficient (Wildman–Crippen LogP) is 4.00. The van der Waals surface area contributed by atoms with E-state index in [1.165, 1.54) is 6.42 Å². The van der Waals surface area contributed by atoms with E-state index in [9.17, 15) is 9.59 Å². The number of nitrogens with zero attached hydrogens (tertiary/aromatic N) is 3. The van der Waals surface area contributed by atoms with Crippen molar-refractivity contribution in [1.82, 2.24) is 14.8 Å². The Labute approximate surface area is 169 Å². The molecule has 2 aromatic heterocycles. The van der Waals surface area contributed by atoms with Crippen molar-refractivity contribution in [3.05, 3.63) is 39.2 Å². The van der Waals surface area contributed by atoms with Gasteiger partial charge in [-0.25, -0.2) is 4.98 Å². The van der Waals surface area contributed by atoms with Crippen LogP contribution in [0.4, 0.5) is 0 Å². The van der Waals surface area contributed by atoms with E-state index < -0.39 is 0 Å². The quantitative estimate of drug-likeness (QED) is 0.780. The molecule has 4 rings (SSSR count). The van der Waals surface area contributed by atoms with Gasteiger partial charge >= 0.3 is 0 Å². The number of aromatic nitrogens is 1. The van der Waals surface area contributed by atoms with Gasteiger partial charge in [0.2, 0.25) is 0 Å². The number of oxazole rings is 1. The van der Waals surface area contributed by atoms with Gasteiger partial charge in [-0.1, -0.05) is 0 Å². The van der Waals surface area contributed by atoms with Gasteiger partial charge in [0.25, 0.3) is 11.8 Å². The van der Waals surface area contributed by atoms with Crippen LogP contribution in [0.3, 0.4) is 0 Å². The van der Waals surface area contributed by atoms with Crippen molar-refractivity contribution >= 4 is 23.2 Å². The second-order valence-corrected chi connectivity index (χ2v) is 9.07. The summed E-state index contributed by atoms with van der Waals surface area (Å²) in [6, 6.07) is 3.89. The molecule has 0 unspecified atom stereocenters. The second kappa shape index (κ2) is 8.07. The average Bonchev–Trinajstić information content (AvgIpc) is 3.33. The summed E-state index contributed by atoms with van der Waals surface area (Å²) in [6.45, 7) is 6.84. The number of piperidine rings is 2. The minimum absolute atomic E-state index is 0.00659. The second-order valence-electron chi connectivity index (χ2n) is 7.79. The van der Waals surface area contributed by atoms with Gasteiger partial charge < -0.3 is 14.2 Å². The molecular weight excluding hydrogens is 374 g/mol. The number of carbonyl (C=O) groups excluding carboxylic acids is 2. The van der Waals surface area contributed by atoms with Crippen LogP contribution in [-0.4, -0.2) is 52.8 Å². The molecule has 2 aliphatic heterocycles. The zero-order valence-corrected chi connectivity index (χ0v) is 17.4. The summed E-state index contributed by atoms with van der Waals surface area (Å²) in [5.41, 5.74) is 0.462. The van der Waals surface area contributed by atoms with Crippen LogP contribution in [0.25, 0.3) is 0 Å². The molecule has 0 spiro atoms. The Morgan fingerprint density at radius 2 is 1.68 bits per heavy atom. The molecule has 6 nitrogen and oxygen atoms in total. The maximum Gasteiger partial charge on any atom is 0.276 e. The topological polar surface area (TPSA) is 66.7 Å². The lowest BCUT2D eigenvalue weighted by Gasteiger charge is -2.30. The Morgan fingerprint density at radius 1 is 1.00 bits per heavy atom. The van der Waals surface area contributed by atoms with Gasteiger partial charge in [0.15, 0.2) is 11.6 Å². The molecule has 0 aromatic carbocycles. The monoisotopic (exact) mass is 401 g/mol. The Kier molecular flexibility index (Phi) is 5.53. The number of hydrogen-bond acceptors (Lipinski definition) is 5. The molecule has 0 aliphatic carbocycles. The molecule has 2 saturated heterocycles. The molecule has 0 saturated carbocycles. The van der Waals surface area contributed by atoms with E-state index in [-0.39, 0.29) is 17.7 Å². The summed E-state index contributed by atoms with van der Waals surface area (Å²) in [5.74, 6) is 1.53. The molecule has 0 N–H and O–H groups in total. The van der Waals surface area contributed by atoms with Crippen molar-refractivity contribution in [3.63, 3.8) is 0 Å². The predicted molar refractivity (Wildman–Crippen MR) is 108 cm³/mol. The van der Waals surface area contributed by atoms with E-state index in [4.69, 9.17) is 4.42 Å². The number of aryl methyl sites for hydroxylation is 2. The summed E-state index contributed by atoms with van der Waals surface area (Å²) in [6.07, 6.45) is 4.94. The number of carbonyl (C=O) groups is 2. The van der Waals surface area contributed by atoms with Gasteiger partial charge in [-0.3, -0.25) is 9.59 Å². The largest absolute Gasteiger partial charge is 0.445 e. The number of amides is 2. The van der Waals surface area contributed by atoms with Crippen molar-refractivity contribution in [1.29, 1.82) is 0 Å². The Hall–Kier alpha value is -2.15. The van der Waals surface area contributed by atoms with E-state index in [1.54, 1.807) is 11.3 Å². The molecule has 28 heavy (non-hydrogen) atoms. The van der Waals surface area contributed by atoms with E-state index in [0.29, 0.717) is 30.4 Å². The van der Waals surface area contributed by atoms with Gasteiger partial charge in [0, 0.05) is 37.0 Å². The zero-order valence-electron chi connectivity index (χ0n) is 16.6. The van der Waals surface area contributed by atoms with E-state index >= 15 is 0 Å². The van der Waals surface area contributed by atoms with Crippen LogP contribution in [0.1, 0.15) is 74.7 Å². The normalized spacial score (nSPS) is 18.5. The molecule has 0 bridgehead atoms. The van der Waals surface area contributed by atoms with Gasteiger partial charge in [0.05, 0.1) is 4.88 Å². The zero-order chi connectivity index (χ0) is 19.7. The van der Waals surface area contributed by atoms with Crippen LogP contribution in [-0.2, 0) is 0 Å². The van der Waals surface area contributed by atoms with E-state index in [0.717, 1.165) is 48.5 Å². The van der Waals surface area contributed by atoms with Gasteiger partial charge in [0.1, 0.15) is 5.76 Å². The fourth-order valence-corrected chi connectivity index (χ4v) is 4.91. The summed E-state index contributed by atoms with van der Waals surface area (Å²) in [7, 11) is 0. The third-order valence-corrected chi connectivity index (χ3v) is 6.73. The molecular formula is C21H27N3O3S. The van der Waals surface area contributed by atoms with Crippen molar-refractivity contribution in [3.8, 4) is 0 Å². The highest BCUT2D eigenvalue weighted by atomic mass is 32.1. The summed E-state index contributed by atoms with van der Waals surface area (Å²) in [4.78, 5) is 35.7. The lowest BCUT2D eigenvalue weighted by molar-refractivity contribution is 0.0708. The lowest BCUT2D eigenvalue weighted by Crippen LogP contribution is -2.37.